The van der Waals surface area contributed by atoms with Crippen molar-refractivity contribution in [3.63, 3.8) is 0 Å². The van der Waals surface area contributed by atoms with Gasteiger partial charge in [0, 0.05) is 17.5 Å². The van der Waals surface area contributed by atoms with Gasteiger partial charge in [-0.25, -0.2) is 4.98 Å². The average molecular weight is 276 g/mol. The molecule has 0 aromatic carbocycles. The molecule has 0 bridgehead atoms. The predicted molar refractivity (Wildman–Crippen MR) is 65.3 cm³/mol. The van der Waals surface area contributed by atoms with Gasteiger partial charge in [-0.3, -0.25) is 0 Å². The Labute approximate surface area is 108 Å². The van der Waals surface area contributed by atoms with Crippen molar-refractivity contribution >= 4 is 11.8 Å². The predicted octanol–water partition coefficient (Wildman–Crippen LogP) is 3.46. The Morgan fingerprint density at radius 2 is 1.94 bits per heavy atom. The van der Waals surface area contributed by atoms with Gasteiger partial charge in [-0.05, 0) is 25.0 Å². The molecule has 2 nitrogen and oxygen atoms in total. The Hall–Kier alpha value is -0.750. The van der Waals surface area contributed by atoms with Crippen LogP contribution in [0.15, 0.2) is 23.4 Å². The number of rotatable bonds is 2. The topological polar surface area (TPSA) is 38.9 Å². The van der Waals surface area contributed by atoms with Gasteiger partial charge in [-0.15, -0.1) is 11.8 Å². The molecule has 0 amide bonds. The highest BCUT2D eigenvalue weighted by atomic mass is 32.2. The van der Waals surface area contributed by atoms with E-state index in [9.17, 15) is 13.2 Å². The van der Waals surface area contributed by atoms with Crippen LogP contribution in [0.1, 0.15) is 31.2 Å². The summed E-state index contributed by atoms with van der Waals surface area (Å²) in [7, 11) is 0. The smallest absolute Gasteiger partial charge is 0.327 e. The lowest BCUT2D eigenvalue weighted by Gasteiger charge is -2.27. The number of nitrogens with zero attached hydrogens (tertiary/aromatic N) is 1. The molecule has 1 aromatic rings. The number of nitrogens with two attached hydrogens (primary N) is 1. The van der Waals surface area contributed by atoms with Crippen LogP contribution in [-0.2, 0) is 6.18 Å². The summed E-state index contributed by atoms with van der Waals surface area (Å²) in [6, 6.07) is 2.62. The lowest BCUT2D eigenvalue weighted by molar-refractivity contribution is -0.137. The first kappa shape index (κ1) is 13.7. The van der Waals surface area contributed by atoms with Gasteiger partial charge < -0.3 is 5.73 Å². The summed E-state index contributed by atoms with van der Waals surface area (Å²) < 4.78 is 37.1. The molecular formula is C12H15F3N2S. The molecule has 100 valence electrons. The Bertz CT molecular complexity index is 391. The molecule has 1 aliphatic rings. The minimum absolute atomic E-state index is 0.118. The largest absolute Gasteiger partial charge is 0.417 e. The number of hydrogen-bond donors (Lipinski definition) is 1. The summed E-state index contributed by atoms with van der Waals surface area (Å²) in [6.45, 7) is 0. The van der Waals surface area contributed by atoms with Crippen LogP contribution in [0, 0.1) is 0 Å². The molecule has 1 saturated carbocycles. The summed E-state index contributed by atoms with van der Waals surface area (Å²) in [5, 5.41) is 0.883. The van der Waals surface area contributed by atoms with E-state index in [-0.39, 0.29) is 11.3 Å². The third-order valence-electron chi connectivity index (χ3n) is 3.09. The molecule has 2 N–H and O–H groups in total. The Morgan fingerprint density at radius 1 is 1.22 bits per heavy atom. The summed E-state index contributed by atoms with van der Waals surface area (Å²) in [5.74, 6) is 0. The summed E-state index contributed by atoms with van der Waals surface area (Å²) in [4.78, 5) is 3.86. The highest BCUT2D eigenvalue weighted by Crippen LogP contribution is 2.34. The summed E-state index contributed by atoms with van der Waals surface area (Å²) in [6.07, 6.45) is 0.825. The number of aromatic nitrogens is 1. The van der Waals surface area contributed by atoms with Crippen molar-refractivity contribution in [2.45, 2.75) is 48.2 Å². The highest BCUT2D eigenvalue weighted by Gasteiger charge is 2.31. The van der Waals surface area contributed by atoms with Gasteiger partial charge in [0.05, 0.1) is 10.6 Å². The van der Waals surface area contributed by atoms with E-state index in [1.165, 1.54) is 17.8 Å². The monoisotopic (exact) mass is 276 g/mol. The molecule has 2 atom stereocenters. The molecule has 6 heteroatoms. The van der Waals surface area contributed by atoms with Crippen molar-refractivity contribution in [3.05, 3.63) is 23.9 Å². The first-order chi connectivity index (χ1) is 8.47. The molecule has 1 aliphatic carbocycles. The minimum atomic E-state index is -4.32. The number of hydrogen-bond acceptors (Lipinski definition) is 3. The Morgan fingerprint density at radius 3 is 2.50 bits per heavy atom. The fourth-order valence-electron chi connectivity index (χ4n) is 2.04. The van der Waals surface area contributed by atoms with Gasteiger partial charge in [0.2, 0.25) is 0 Å². The number of alkyl halides is 3. The van der Waals surface area contributed by atoms with Crippen LogP contribution in [0.5, 0.6) is 0 Å². The molecule has 0 radical (unpaired) electrons. The maximum Gasteiger partial charge on any atom is 0.417 e. The second-order valence-corrected chi connectivity index (χ2v) is 5.75. The zero-order valence-electron chi connectivity index (χ0n) is 9.78. The fraction of sp³-hybridized carbons (Fsp3) is 0.583. The van der Waals surface area contributed by atoms with Crippen LogP contribution in [0.25, 0.3) is 0 Å². The normalized spacial score (nSPS) is 25.1. The lowest BCUT2D eigenvalue weighted by atomic mass is 9.96. The van der Waals surface area contributed by atoms with E-state index in [2.05, 4.69) is 4.98 Å². The van der Waals surface area contributed by atoms with Crippen molar-refractivity contribution in [1.82, 2.24) is 4.98 Å². The average Bonchev–Trinajstić information content (AvgIpc) is 2.32. The van der Waals surface area contributed by atoms with Crippen LogP contribution < -0.4 is 5.73 Å². The van der Waals surface area contributed by atoms with E-state index in [1.54, 1.807) is 0 Å². The van der Waals surface area contributed by atoms with Gasteiger partial charge in [0.15, 0.2) is 0 Å². The number of thioether (sulfide) groups is 1. The lowest BCUT2D eigenvalue weighted by Crippen LogP contribution is -2.35. The Balaban J connectivity index is 2.02. The van der Waals surface area contributed by atoms with Crippen LogP contribution in [0.2, 0.25) is 0 Å². The van der Waals surface area contributed by atoms with Crippen LogP contribution in [0.4, 0.5) is 13.2 Å². The zero-order valence-corrected chi connectivity index (χ0v) is 10.6. The molecule has 0 saturated heterocycles. The molecular weight excluding hydrogens is 261 g/mol. The third-order valence-corrected chi connectivity index (χ3v) is 4.46. The zero-order chi connectivity index (χ0) is 13.2. The van der Waals surface area contributed by atoms with Gasteiger partial charge in [-0.2, -0.15) is 13.2 Å². The quantitative estimate of drug-likeness (QED) is 0.899. The SMILES string of the molecule is NC1CCCCC1Sc1ccc(C(F)(F)F)cn1. The maximum absolute atomic E-state index is 12.4. The molecule has 1 aromatic heterocycles. The van der Waals surface area contributed by atoms with Gasteiger partial charge in [0.1, 0.15) is 0 Å². The van der Waals surface area contributed by atoms with E-state index in [0.717, 1.165) is 37.9 Å². The molecule has 0 spiro atoms. The standard InChI is InChI=1S/C12H15F3N2S/c13-12(14,15)8-5-6-11(17-7-8)18-10-4-2-1-3-9(10)16/h5-7,9-10H,1-4,16H2. The molecule has 0 aliphatic heterocycles. The summed E-state index contributed by atoms with van der Waals surface area (Å²) in [5.41, 5.74) is 5.29. The molecule has 2 unspecified atom stereocenters. The highest BCUT2D eigenvalue weighted by molar-refractivity contribution is 7.99. The van der Waals surface area contributed by atoms with Gasteiger partial charge in [-0.1, -0.05) is 12.8 Å². The van der Waals surface area contributed by atoms with Crippen molar-refractivity contribution < 1.29 is 13.2 Å². The van der Waals surface area contributed by atoms with Gasteiger partial charge >= 0.3 is 6.18 Å². The van der Waals surface area contributed by atoms with Crippen molar-refractivity contribution in [3.8, 4) is 0 Å². The van der Waals surface area contributed by atoms with Crippen LogP contribution >= 0.6 is 11.8 Å². The van der Waals surface area contributed by atoms with E-state index >= 15 is 0 Å². The molecule has 1 heterocycles. The molecule has 1 fully saturated rings. The molecule has 2 rings (SSSR count). The minimum Gasteiger partial charge on any atom is -0.327 e. The fourth-order valence-corrected chi connectivity index (χ4v) is 3.21. The van der Waals surface area contributed by atoms with Crippen molar-refractivity contribution in [2.75, 3.05) is 0 Å². The Kier molecular flexibility index (Phi) is 4.17. The van der Waals surface area contributed by atoms with E-state index in [0.29, 0.717) is 5.03 Å². The second kappa shape index (κ2) is 5.48. The third kappa shape index (κ3) is 3.38. The summed E-state index contributed by atoms with van der Waals surface area (Å²) >= 11 is 1.49. The van der Waals surface area contributed by atoms with Crippen LogP contribution in [-0.4, -0.2) is 16.3 Å². The van der Waals surface area contributed by atoms with E-state index < -0.39 is 11.7 Å². The van der Waals surface area contributed by atoms with Crippen molar-refractivity contribution in [1.29, 1.82) is 0 Å². The van der Waals surface area contributed by atoms with Crippen molar-refractivity contribution in [2.24, 2.45) is 5.73 Å². The molecule has 18 heavy (non-hydrogen) atoms. The number of pyridine rings is 1. The first-order valence-electron chi connectivity index (χ1n) is 5.92. The maximum atomic E-state index is 12.4. The first-order valence-corrected chi connectivity index (χ1v) is 6.80. The van der Waals surface area contributed by atoms with Gasteiger partial charge in [0.25, 0.3) is 0 Å². The van der Waals surface area contributed by atoms with Crippen LogP contribution in [0.3, 0.4) is 0 Å². The second-order valence-electron chi connectivity index (χ2n) is 4.49. The van der Waals surface area contributed by atoms with E-state index in [1.807, 2.05) is 0 Å². The number of halogens is 3. The van der Waals surface area contributed by atoms with E-state index in [4.69, 9.17) is 5.73 Å².